The lowest BCUT2D eigenvalue weighted by atomic mass is 10.2. The number of aromatic nitrogens is 2. The topological polar surface area (TPSA) is 88.2 Å². The number of anilines is 1. The number of carbonyl (C=O) groups excluding carboxylic acids is 1. The van der Waals surface area contributed by atoms with E-state index in [1.54, 1.807) is 30.3 Å². The van der Waals surface area contributed by atoms with Gasteiger partial charge in [-0.15, -0.1) is 10.2 Å². The van der Waals surface area contributed by atoms with Gasteiger partial charge in [-0.25, -0.2) is 4.39 Å². The first kappa shape index (κ1) is 16.0. The number of nitrogens with one attached hydrogen (secondary N) is 1. The smallest absolute Gasteiger partial charge is 0.277 e. The molecule has 24 heavy (non-hydrogen) atoms. The molecule has 0 atom stereocenters. The van der Waals surface area contributed by atoms with Gasteiger partial charge in [0.25, 0.3) is 5.22 Å². The van der Waals surface area contributed by atoms with E-state index in [0.29, 0.717) is 11.3 Å². The summed E-state index contributed by atoms with van der Waals surface area (Å²) in [6, 6.07) is 12.2. The molecule has 1 heterocycles. The molecule has 0 aliphatic rings. The molecular formula is C16H12FN3O3S. The second-order valence-corrected chi connectivity index (χ2v) is 5.66. The summed E-state index contributed by atoms with van der Waals surface area (Å²) < 4.78 is 18.6. The highest BCUT2D eigenvalue weighted by Crippen LogP contribution is 2.25. The Kier molecular flexibility index (Phi) is 4.76. The fourth-order valence-corrected chi connectivity index (χ4v) is 2.46. The van der Waals surface area contributed by atoms with Crippen molar-refractivity contribution in [1.29, 1.82) is 0 Å². The van der Waals surface area contributed by atoms with Gasteiger partial charge in [-0.2, -0.15) is 0 Å². The number of halogens is 1. The summed E-state index contributed by atoms with van der Waals surface area (Å²) in [7, 11) is 0. The largest absolute Gasteiger partial charge is 0.506 e. The number of carbonyl (C=O) groups is 1. The highest BCUT2D eigenvalue weighted by molar-refractivity contribution is 7.99. The minimum atomic E-state index is -0.401. The van der Waals surface area contributed by atoms with E-state index in [1.807, 2.05) is 0 Å². The van der Waals surface area contributed by atoms with Gasteiger partial charge in [-0.05, 0) is 30.3 Å². The maximum absolute atomic E-state index is 13.2. The molecule has 3 aromatic rings. The van der Waals surface area contributed by atoms with E-state index < -0.39 is 5.82 Å². The zero-order valence-corrected chi connectivity index (χ0v) is 13.1. The van der Waals surface area contributed by atoms with Crippen LogP contribution in [0, 0.1) is 5.82 Å². The van der Waals surface area contributed by atoms with Crippen LogP contribution in [0.2, 0.25) is 0 Å². The third-order valence-electron chi connectivity index (χ3n) is 2.98. The van der Waals surface area contributed by atoms with Gasteiger partial charge in [0.1, 0.15) is 11.6 Å². The molecule has 1 aromatic heterocycles. The molecule has 0 bridgehead atoms. The molecule has 122 valence electrons. The van der Waals surface area contributed by atoms with Crippen LogP contribution in [0.15, 0.2) is 58.2 Å². The normalized spacial score (nSPS) is 10.5. The maximum atomic E-state index is 13.2. The van der Waals surface area contributed by atoms with Gasteiger partial charge in [0, 0.05) is 5.56 Å². The predicted octanol–water partition coefficient (Wildman–Crippen LogP) is 3.31. The molecule has 0 fully saturated rings. The van der Waals surface area contributed by atoms with Gasteiger partial charge < -0.3 is 14.8 Å². The fourth-order valence-electron chi connectivity index (χ4n) is 1.90. The number of rotatable bonds is 5. The monoisotopic (exact) mass is 345 g/mol. The predicted molar refractivity (Wildman–Crippen MR) is 87.2 cm³/mol. The van der Waals surface area contributed by atoms with E-state index in [4.69, 9.17) is 4.42 Å². The van der Waals surface area contributed by atoms with Crippen molar-refractivity contribution < 1.29 is 18.7 Å². The summed E-state index contributed by atoms with van der Waals surface area (Å²) in [5.41, 5.74) is 0.794. The van der Waals surface area contributed by atoms with E-state index in [0.717, 1.165) is 11.8 Å². The Morgan fingerprint density at radius 3 is 2.83 bits per heavy atom. The molecule has 0 unspecified atom stereocenters. The lowest BCUT2D eigenvalue weighted by Crippen LogP contribution is -2.14. The van der Waals surface area contributed by atoms with E-state index >= 15 is 0 Å². The second-order valence-electron chi connectivity index (χ2n) is 4.74. The van der Waals surface area contributed by atoms with E-state index in [9.17, 15) is 14.3 Å². The zero-order valence-electron chi connectivity index (χ0n) is 12.3. The number of hydrogen-bond donors (Lipinski definition) is 2. The number of phenols is 1. The molecule has 1 amide bonds. The van der Waals surface area contributed by atoms with Gasteiger partial charge in [0.05, 0.1) is 11.4 Å². The van der Waals surface area contributed by atoms with Crippen LogP contribution in [-0.4, -0.2) is 27.0 Å². The first-order valence-electron chi connectivity index (χ1n) is 6.92. The summed E-state index contributed by atoms with van der Waals surface area (Å²) in [6.45, 7) is 0. The minimum Gasteiger partial charge on any atom is -0.506 e. The summed E-state index contributed by atoms with van der Waals surface area (Å²) in [5, 5.41) is 20.0. The lowest BCUT2D eigenvalue weighted by Gasteiger charge is -2.05. The van der Waals surface area contributed by atoms with Crippen LogP contribution in [0.3, 0.4) is 0 Å². The maximum Gasteiger partial charge on any atom is 0.277 e. The molecule has 0 aliphatic heterocycles. The number of nitrogens with zero attached hydrogens (tertiary/aromatic N) is 2. The quantitative estimate of drug-likeness (QED) is 0.545. The van der Waals surface area contributed by atoms with Gasteiger partial charge >= 0.3 is 0 Å². The molecule has 0 saturated carbocycles. The first-order valence-corrected chi connectivity index (χ1v) is 7.90. The highest BCUT2D eigenvalue weighted by atomic mass is 32.2. The Morgan fingerprint density at radius 1 is 1.21 bits per heavy atom. The number of phenolic OH excluding ortho intramolecular Hbond substituents is 1. The molecule has 0 radical (unpaired) electrons. The van der Waals surface area contributed by atoms with Crippen LogP contribution in [0.1, 0.15) is 0 Å². The summed E-state index contributed by atoms with van der Waals surface area (Å²) in [5.74, 6) is -0.534. The van der Waals surface area contributed by atoms with Gasteiger partial charge in [0.2, 0.25) is 11.8 Å². The van der Waals surface area contributed by atoms with Gasteiger partial charge in [-0.3, -0.25) is 4.79 Å². The SMILES string of the molecule is O=C(CSc1nnc(-c2cccc(F)c2)o1)Nc1ccccc1O. The van der Waals surface area contributed by atoms with E-state index in [2.05, 4.69) is 15.5 Å². The van der Waals surface area contributed by atoms with Crippen LogP contribution in [0.5, 0.6) is 5.75 Å². The van der Waals surface area contributed by atoms with Gasteiger partial charge in [0.15, 0.2) is 0 Å². The van der Waals surface area contributed by atoms with Crippen LogP contribution in [-0.2, 0) is 4.79 Å². The molecule has 8 heteroatoms. The third kappa shape index (κ3) is 3.90. The van der Waals surface area contributed by atoms with Crippen molar-refractivity contribution in [3.05, 3.63) is 54.3 Å². The third-order valence-corrected chi connectivity index (χ3v) is 3.80. The average Bonchev–Trinajstić information content (AvgIpc) is 3.04. The summed E-state index contributed by atoms with van der Waals surface area (Å²) >= 11 is 1.05. The van der Waals surface area contributed by atoms with Crippen molar-refractivity contribution in [3.63, 3.8) is 0 Å². The van der Waals surface area contributed by atoms with Crippen molar-refractivity contribution in [1.82, 2.24) is 10.2 Å². The molecule has 2 N–H and O–H groups in total. The average molecular weight is 345 g/mol. The number of thioether (sulfide) groups is 1. The second kappa shape index (κ2) is 7.14. The number of para-hydroxylation sites is 2. The molecule has 0 spiro atoms. The molecule has 0 aliphatic carbocycles. The number of hydrogen-bond acceptors (Lipinski definition) is 6. The Morgan fingerprint density at radius 2 is 2.04 bits per heavy atom. The van der Waals surface area contributed by atoms with Crippen LogP contribution in [0.25, 0.3) is 11.5 Å². The van der Waals surface area contributed by atoms with Crippen molar-refractivity contribution in [2.45, 2.75) is 5.22 Å². The lowest BCUT2D eigenvalue weighted by molar-refractivity contribution is -0.113. The Bertz CT molecular complexity index is 869. The van der Waals surface area contributed by atoms with Crippen molar-refractivity contribution in [2.24, 2.45) is 0 Å². The Labute approximate surface area is 140 Å². The van der Waals surface area contributed by atoms with Crippen molar-refractivity contribution in [2.75, 3.05) is 11.1 Å². The number of aromatic hydroxyl groups is 1. The zero-order chi connectivity index (χ0) is 16.9. The molecule has 0 saturated heterocycles. The summed E-state index contributed by atoms with van der Waals surface area (Å²) in [4.78, 5) is 11.9. The molecule has 2 aromatic carbocycles. The molecule has 6 nitrogen and oxygen atoms in total. The first-order chi connectivity index (χ1) is 11.6. The standard InChI is InChI=1S/C16H12FN3O3S/c17-11-5-3-4-10(8-11)15-19-20-16(23-15)24-9-14(22)18-12-6-1-2-7-13(12)21/h1-8,21H,9H2,(H,18,22). The van der Waals surface area contributed by atoms with Crippen molar-refractivity contribution >= 4 is 23.4 Å². The molecule has 3 rings (SSSR count). The Hall–Kier alpha value is -2.87. The highest BCUT2D eigenvalue weighted by Gasteiger charge is 2.12. The molecular weight excluding hydrogens is 333 g/mol. The van der Waals surface area contributed by atoms with E-state index in [-0.39, 0.29) is 28.5 Å². The van der Waals surface area contributed by atoms with Gasteiger partial charge in [-0.1, -0.05) is 30.0 Å². The van der Waals surface area contributed by atoms with Crippen LogP contribution in [0.4, 0.5) is 10.1 Å². The summed E-state index contributed by atoms with van der Waals surface area (Å²) in [6.07, 6.45) is 0. The number of amides is 1. The fraction of sp³-hybridized carbons (Fsp3) is 0.0625. The van der Waals surface area contributed by atoms with E-state index in [1.165, 1.54) is 18.2 Å². The number of benzene rings is 2. The Balaban J connectivity index is 1.59. The van der Waals surface area contributed by atoms with Crippen LogP contribution < -0.4 is 5.32 Å². The minimum absolute atomic E-state index is 0.0120. The van der Waals surface area contributed by atoms with Crippen molar-refractivity contribution in [3.8, 4) is 17.2 Å². The van der Waals surface area contributed by atoms with Crippen LogP contribution >= 0.6 is 11.8 Å².